The van der Waals surface area contributed by atoms with Crippen molar-refractivity contribution in [2.45, 2.75) is 38.8 Å². The number of amides is 1. The molecule has 2 atom stereocenters. The number of hydrogen-bond acceptors (Lipinski definition) is 5. The fraction of sp³-hybridized carbons (Fsp3) is 0.261. The molecule has 0 bridgehead atoms. The van der Waals surface area contributed by atoms with Crippen molar-refractivity contribution in [2.75, 3.05) is 0 Å². The topological polar surface area (TPSA) is 106 Å². The van der Waals surface area contributed by atoms with Crippen molar-refractivity contribution in [3.63, 3.8) is 0 Å². The molecule has 3 rings (SSSR count). The maximum absolute atomic E-state index is 12.5. The number of ether oxygens (including phenoxy) is 1. The Bertz CT molecular complexity index is 1110. The zero-order valence-electron chi connectivity index (χ0n) is 16.8. The van der Waals surface area contributed by atoms with Crippen molar-refractivity contribution in [3.8, 4) is 5.75 Å². The van der Waals surface area contributed by atoms with E-state index >= 15 is 0 Å². The van der Waals surface area contributed by atoms with Gasteiger partial charge in [-0.25, -0.2) is 9.59 Å². The highest BCUT2D eigenvalue weighted by atomic mass is 16.5. The van der Waals surface area contributed by atoms with Crippen LogP contribution >= 0.6 is 0 Å². The lowest BCUT2D eigenvalue weighted by Gasteiger charge is -2.19. The van der Waals surface area contributed by atoms with Crippen molar-refractivity contribution >= 4 is 22.8 Å². The largest absolute Gasteiger partial charge is 0.481 e. The Morgan fingerprint density at radius 2 is 1.87 bits per heavy atom. The van der Waals surface area contributed by atoms with E-state index < -0.39 is 29.6 Å². The first kappa shape index (κ1) is 21.1. The van der Waals surface area contributed by atoms with Gasteiger partial charge >= 0.3 is 11.6 Å². The summed E-state index contributed by atoms with van der Waals surface area (Å²) < 4.78 is 10.9. The third-order valence-corrected chi connectivity index (χ3v) is 4.76. The second kappa shape index (κ2) is 9.26. The van der Waals surface area contributed by atoms with E-state index in [-0.39, 0.29) is 6.42 Å². The molecule has 7 nitrogen and oxygen atoms in total. The maximum Gasteiger partial charge on any atom is 0.336 e. The van der Waals surface area contributed by atoms with Gasteiger partial charge in [0.1, 0.15) is 17.4 Å². The predicted octanol–water partition coefficient (Wildman–Crippen LogP) is 2.93. The van der Waals surface area contributed by atoms with Gasteiger partial charge in [-0.3, -0.25) is 4.79 Å². The van der Waals surface area contributed by atoms with Gasteiger partial charge in [-0.1, -0.05) is 37.3 Å². The number of carboxylic acids is 1. The summed E-state index contributed by atoms with van der Waals surface area (Å²) in [4.78, 5) is 35.8. The number of rotatable bonds is 8. The van der Waals surface area contributed by atoms with Crippen LogP contribution in [-0.4, -0.2) is 29.1 Å². The third-order valence-electron chi connectivity index (χ3n) is 4.76. The highest BCUT2D eigenvalue weighted by Crippen LogP contribution is 2.23. The number of carboxylic acid groups (broad SMARTS) is 1. The van der Waals surface area contributed by atoms with E-state index in [1.54, 1.807) is 30.3 Å². The van der Waals surface area contributed by atoms with Crippen LogP contribution in [0.25, 0.3) is 11.0 Å². The molecule has 2 N–H and O–H groups in total. The molecule has 30 heavy (non-hydrogen) atoms. The number of aliphatic carboxylic acids is 1. The van der Waals surface area contributed by atoms with Gasteiger partial charge in [-0.15, -0.1) is 0 Å². The van der Waals surface area contributed by atoms with Crippen LogP contribution < -0.4 is 15.7 Å². The molecular formula is C23H23NO6. The van der Waals surface area contributed by atoms with E-state index in [9.17, 15) is 19.5 Å². The molecule has 0 spiro atoms. The molecule has 0 fully saturated rings. The van der Waals surface area contributed by atoms with Gasteiger partial charge in [0.05, 0.1) is 0 Å². The molecule has 1 amide bonds. The van der Waals surface area contributed by atoms with Gasteiger partial charge in [0.25, 0.3) is 5.91 Å². The number of nitrogens with one attached hydrogen (secondary N) is 1. The molecule has 2 unspecified atom stereocenters. The highest BCUT2D eigenvalue weighted by molar-refractivity contribution is 5.87. The molecule has 2 aromatic carbocycles. The SMILES string of the molecule is CCc1cc(=O)oc2cc(OC(C)C(=O)NC(Cc3ccccc3)C(=O)O)ccc12. The van der Waals surface area contributed by atoms with Gasteiger partial charge in [0, 0.05) is 23.9 Å². The molecule has 0 aliphatic heterocycles. The monoisotopic (exact) mass is 409 g/mol. The Morgan fingerprint density at radius 3 is 2.53 bits per heavy atom. The van der Waals surface area contributed by atoms with Crippen LogP contribution in [0.4, 0.5) is 0 Å². The summed E-state index contributed by atoms with van der Waals surface area (Å²) in [6.07, 6.45) is -0.101. The molecule has 0 saturated heterocycles. The number of carbonyl (C=O) groups is 2. The van der Waals surface area contributed by atoms with E-state index in [1.165, 1.54) is 13.0 Å². The normalized spacial score (nSPS) is 12.9. The fourth-order valence-electron chi connectivity index (χ4n) is 3.17. The van der Waals surface area contributed by atoms with Crippen molar-refractivity contribution in [1.82, 2.24) is 5.32 Å². The summed E-state index contributed by atoms with van der Waals surface area (Å²) in [5.74, 6) is -1.34. The van der Waals surface area contributed by atoms with Crippen LogP contribution in [-0.2, 0) is 22.4 Å². The summed E-state index contributed by atoms with van der Waals surface area (Å²) in [6, 6.07) is 14.4. The van der Waals surface area contributed by atoms with E-state index in [0.717, 1.165) is 16.5 Å². The number of aryl methyl sites for hydroxylation is 1. The molecule has 1 aromatic heterocycles. The third kappa shape index (κ3) is 5.05. The van der Waals surface area contributed by atoms with Crippen molar-refractivity contribution < 1.29 is 23.8 Å². The molecule has 7 heteroatoms. The standard InChI is InChI=1S/C23H23NO6/c1-3-16-12-21(25)30-20-13-17(9-10-18(16)20)29-14(2)22(26)24-19(23(27)28)11-15-7-5-4-6-8-15/h4-10,12-14,19H,3,11H2,1-2H3,(H,24,26)(H,27,28). The van der Waals surface area contributed by atoms with Gasteiger partial charge in [-0.2, -0.15) is 0 Å². The van der Waals surface area contributed by atoms with Crippen LogP contribution in [0.3, 0.4) is 0 Å². The minimum absolute atomic E-state index is 0.162. The number of fused-ring (bicyclic) bond motifs is 1. The van der Waals surface area contributed by atoms with E-state index in [0.29, 0.717) is 17.8 Å². The van der Waals surface area contributed by atoms with Crippen LogP contribution in [0.2, 0.25) is 0 Å². The second-order valence-electron chi connectivity index (χ2n) is 6.95. The van der Waals surface area contributed by atoms with E-state index in [4.69, 9.17) is 9.15 Å². The van der Waals surface area contributed by atoms with Gasteiger partial charge in [0.15, 0.2) is 6.10 Å². The van der Waals surface area contributed by atoms with Crippen LogP contribution in [0.1, 0.15) is 25.0 Å². The second-order valence-corrected chi connectivity index (χ2v) is 6.95. The van der Waals surface area contributed by atoms with Gasteiger partial charge < -0.3 is 19.6 Å². The summed E-state index contributed by atoms with van der Waals surface area (Å²) in [6.45, 7) is 3.47. The molecule has 3 aromatic rings. The average Bonchev–Trinajstić information content (AvgIpc) is 2.72. The fourth-order valence-corrected chi connectivity index (χ4v) is 3.17. The Hall–Kier alpha value is -3.61. The van der Waals surface area contributed by atoms with Crippen LogP contribution in [0.5, 0.6) is 5.75 Å². The van der Waals surface area contributed by atoms with Crippen molar-refractivity contribution in [2.24, 2.45) is 0 Å². The predicted molar refractivity (Wildman–Crippen MR) is 112 cm³/mol. The van der Waals surface area contributed by atoms with Crippen LogP contribution in [0.15, 0.2) is 63.8 Å². The highest BCUT2D eigenvalue weighted by Gasteiger charge is 2.24. The zero-order chi connectivity index (χ0) is 21.7. The molecule has 1 heterocycles. The first-order chi connectivity index (χ1) is 14.4. The minimum Gasteiger partial charge on any atom is -0.481 e. The quantitative estimate of drug-likeness (QED) is 0.554. The maximum atomic E-state index is 12.5. The summed E-state index contributed by atoms with van der Waals surface area (Å²) in [5, 5.41) is 12.8. The molecule has 0 aliphatic carbocycles. The lowest BCUT2D eigenvalue weighted by Crippen LogP contribution is -2.47. The summed E-state index contributed by atoms with van der Waals surface area (Å²) in [5.41, 5.74) is 1.59. The number of hydrogen-bond donors (Lipinski definition) is 2. The molecule has 0 aliphatic rings. The minimum atomic E-state index is -1.13. The molecule has 156 valence electrons. The van der Waals surface area contributed by atoms with Crippen molar-refractivity contribution in [3.05, 3.63) is 76.1 Å². The first-order valence-corrected chi connectivity index (χ1v) is 9.68. The molecule has 0 saturated carbocycles. The first-order valence-electron chi connectivity index (χ1n) is 9.68. The Balaban J connectivity index is 1.71. The molecular weight excluding hydrogens is 386 g/mol. The van der Waals surface area contributed by atoms with Gasteiger partial charge in [0.2, 0.25) is 0 Å². The van der Waals surface area contributed by atoms with Crippen LogP contribution in [0, 0.1) is 0 Å². The molecule has 0 radical (unpaired) electrons. The number of carbonyl (C=O) groups excluding carboxylic acids is 1. The van der Waals surface area contributed by atoms with Crippen molar-refractivity contribution in [1.29, 1.82) is 0 Å². The smallest absolute Gasteiger partial charge is 0.336 e. The summed E-state index contributed by atoms with van der Waals surface area (Å²) in [7, 11) is 0. The Kier molecular flexibility index (Phi) is 6.51. The Labute approximate surface area is 173 Å². The number of benzene rings is 2. The Morgan fingerprint density at radius 1 is 1.13 bits per heavy atom. The average molecular weight is 409 g/mol. The van der Waals surface area contributed by atoms with E-state index in [2.05, 4.69) is 5.32 Å². The lowest BCUT2D eigenvalue weighted by molar-refractivity contribution is -0.142. The zero-order valence-corrected chi connectivity index (χ0v) is 16.8. The lowest BCUT2D eigenvalue weighted by atomic mass is 10.1. The van der Waals surface area contributed by atoms with E-state index in [1.807, 2.05) is 25.1 Å². The summed E-state index contributed by atoms with van der Waals surface area (Å²) >= 11 is 0. The van der Waals surface area contributed by atoms with Gasteiger partial charge in [-0.05, 0) is 36.6 Å².